The third-order valence-electron chi connectivity index (χ3n) is 5.03. The monoisotopic (exact) mass is 400 g/mol. The second-order valence-corrected chi connectivity index (χ2v) is 7.14. The number of benzene rings is 3. The molecule has 0 aromatic heterocycles. The average Bonchev–Trinajstić information content (AvgIpc) is 2.78. The Labute approximate surface area is 174 Å². The van der Waals surface area contributed by atoms with Crippen molar-refractivity contribution in [3.63, 3.8) is 0 Å². The van der Waals surface area contributed by atoms with Gasteiger partial charge in [0.2, 0.25) is 5.91 Å². The Balaban J connectivity index is 1.47. The van der Waals surface area contributed by atoms with Gasteiger partial charge in [0, 0.05) is 29.6 Å². The molecule has 0 saturated heterocycles. The molecule has 0 bridgehead atoms. The van der Waals surface area contributed by atoms with Crippen molar-refractivity contribution >= 4 is 29.3 Å². The van der Waals surface area contributed by atoms with E-state index in [2.05, 4.69) is 5.32 Å². The summed E-state index contributed by atoms with van der Waals surface area (Å²) in [5, 5.41) is 2.85. The number of amides is 2. The topological polar surface area (TPSA) is 49.4 Å². The van der Waals surface area contributed by atoms with Crippen LogP contribution < -0.4 is 10.2 Å². The zero-order chi connectivity index (χ0) is 20.9. The van der Waals surface area contributed by atoms with Gasteiger partial charge in [0.1, 0.15) is 5.82 Å². The van der Waals surface area contributed by atoms with E-state index < -0.39 is 0 Å². The second kappa shape index (κ2) is 8.74. The molecule has 30 heavy (non-hydrogen) atoms. The summed E-state index contributed by atoms with van der Waals surface area (Å²) < 4.78 is 13.0. The molecule has 0 aliphatic carbocycles. The van der Waals surface area contributed by atoms with Gasteiger partial charge in [-0.3, -0.25) is 9.59 Å². The van der Waals surface area contributed by atoms with Gasteiger partial charge in [-0.25, -0.2) is 4.39 Å². The van der Waals surface area contributed by atoms with Gasteiger partial charge in [-0.15, -0.1) is 0 Å². The zero-order valence-corrected chi connectivity index (χ0v) is 16.3. The maximum atomic E-state index is 13.0. The van der Waals surface area contributed by atoms with Gasteiger partial charge < -0.3 is 10.2 Å². The SMILES string of the molecule is O=C(C=Cc1ccc(F)cc1)Nc1ccc2c(c1)CCCN2C(=O)c1ccccc1. The molecule has 0 unspecified atom stereocenters. The molecule has 0 fully saturated rings. The van der Waals surface area contributed by atoms with E-state index in [4.69, 9.17) is 0 Å². The zero-order valence-electron chi connectivity index (χ0n) is 16.3. The second-order valence-electron chi connectivity index (χ2n) is 7.14. The fourth-order valence-corrected chi connectivity index (χ4v) is 3.55. The van der Waals surface area contributed by atoms with Crippen molar-refractivity contribution in [1.29, 1.82) is 0 Å². The van der Waals surface area contributed by atoms with Crippen molar-refractivity contribution in [2.45, 2.75) is 12.8 Å². The fourth-order valence-electron chi connectivity index (χ4n) is 3.55. The van der Waals surface area contributed by atoms with E-state index in [-0.39, 0.29) is 17.6 Å². The number of nitrogens with one attached hydrogen (secondary N) is 1. The molecule has 3 aromatic carbocycles. The largest absolute Gasteiger partial charge is 0.323 e. The van der Waals surface area contributed by atoms with Gasteiger partial charge >= 0.3 is 0 Å². The number of hydrogen-bond donors (Lipinski definition) is 1. The van der Waals surface area contributed by atoms with Crippen molar-refractivity contribution in [1.82, 2.24) is 0 Å². The van der Waals surface area contributed by atoms with E-state index in [9.17, 15) is 14.0 Å². The number of carbonyl (C=O) groups is 2. The first-order chi connectivity index (χ1) is 14.6. The Morgan fingerprint density at radius 1 is 0.967 bits per heavy atom. The van der Waals surface area contributed by atoms with Gasteiger partial charge in [-0.05, 0) is 72.5 Å². The summed E-state index contributed by atoms with van der Waals surface area (Å²) in [7, 11) is 0. The summed E-state index contributed by atoms with van der Waals surface area (Å²) in [5.74, 6) is -0.603. The minimum absolute atomic E-state index is 0.0180. The Hall–Kier alpha value is -3.73. The smallest absolute Gasteiger partial charge is 0.258 e. The van der Waals surface area contributed by atoms with Crippen LogP contribution in [0.3, 0.4) is 0 Å². The molecular weight excluding hydrogens is 379 g/mol. The third-order valence-corrected chi connectivity index (χ3v) is 5.03. The van der Waals surface area contributed by atoms with E-state index in [1.807, 2.05) is 42.5 Å². The molecule has 5 heteroatoms. The molecule has 0 spiro atoms. The summed E-state index contributed by atoms with van der Waals surface area (Å²) in [4.78, 5) is 26.9. The molecule has 3 aromatic rings. The number of carbonyl (C=O) groups excluding carboxylic acids is 2. The van der Waals surface area contributed by atoms with Gasteiger partial charge in [-0.1, -0.05) is 30.3 Å². The lowest BCUT2D eigenvalue weighted by Gasteiger charge is -2.30. The molecule has 1 heterocycles. The fraction of sp³-hybridized carbons (Fsp3) is 0.120. The van der Waals surface area contributed by atoms with Crippen LogP contribution in [-0.2, 0) is 11.2 Å². The van der Waals surface area contributed by atoms with Gasteiger partial charge in [0.15, 0.2) is 0 Å². The summed E-state index contributed by atoms with van der Waals surface area (Å²) in [6, 6.07) is 20.8. The molecule has 1 aliphatic rings. The van der Waals surface area contributed by atoms with E-state index in [1.165, 1.54) is 18.2 Å². The molecule has 4 rings (SSSR count). The molecule has 150 valence electrons. The van der Waals surface area contributed by atoms with Crippen LogP contribution in [0.15, 0.2) is 78.9 Å². The van der Waals surface area contributed by atoms with Crippen LogP contribution in [0.2, 0.25) is 0 Å². The molecule has 4 nitrogen and oxygen atoms in total. The Morgan fingerprint density at radius 2 is 1.73 bits per heavy atom. The predicted molar refractivity (Wildman–Crippen MR) is 117 cm³/mol. The maximum absolute atomic E-state index is 13.0. The highest BCUT2D eigenvalue weighted by molar-refractivity contribution is 6.07. The number of rotatable bonds is 4. The molecule has 0 radical (unpaired) electrons. The number of anilines is 2. The highest BCUT2D eigenvalue weighted by Gasteiger charge is 2.23. The minimum Gasteiger partial charge on any atom is -0.323 e. The van der Waals surface area contributed by atoms with Crippen LogP contribution in [0.5, 0.6) is 0 Å². The summed E-state index contributed by atoms with van der Waals surface area (Å²) in [5.41, 5.74) is 4.00. The van der Waals surface area contributed by atoms with E-state index >= 15 is 0 Å². The minimum atomic E-state index is -0.314. The highest BCUT2D eigenvalue weighted by atomic mass is 19.1. The number of nitrogens with zero attached hydrogens (tertiary/aromatic N) is 1. The lowest BCUT2D eigenvalue weighted by atomic mass is 10.00. The molecule has 1 N–H and O–H groups in total. The number of fused-ring (bicyclic) bond motifs is 1. The predicted octanol–water partition coefficient (Wildman–Crippen LogP) is 5.07. The van der Waals surface area contributed by atoms with E-state index in [1.54, 1.807) is 29.2 Å². The van der Waals surface area contributed by atoms with Crippen molar-refractivity contribution in [3.05, 3.63) is 101 Å². The van der Waals surface area contributed by atoms with Crippen LogP contribution in [0.1, 0.15) is 27.9 Å². The van der Waals surface area contributed by atoms with E-state index in [0.29, 0.717) is 17.8 Å². The maximum Gasteiger partial charge on any atom is 0.258 e. The third kappa shape index (κ3) is 4.46. The van der Waals surface area contributed by atoms with Crippen LogP contribution in [0.25, 0.3) is 6.08 Å². The summed E-state index contributed by atoms with van der Waals surface area (Å²) >= 11 is 0. The Bertz CT molecular complexity index is 1090. The molecular formula is C25H21FN2O2. The van der Waals surface area contributed by atoms with Gasteiger partial charge in [0.25, 0.3) is 5.91 Å². The average molecular weight is 400 g/mol. The first kappa shape index (κ1) is 19.6. The summed E-state index contributed by atoms with van der Waals surface area (Å²) in [6.45, 7) is 0.673. The van der Waals surface area contributed by atoms with Crippen molar-refractivity contribution in [2.24, 2.45) is 0 Å². The lowest BCUT2D eigenvalue weighted by Crippen LogP contribution is -2.35. The molecule has 1 aliphatic heterocycles. The number of aryl methyl sites for hydroxylation is 1. The number of halogens is 1. The molecule has 0 saturated carbocycles. The molecule has 0 atom stereocenters. The number of hydrogen-bond acceptors (Lipinski definition) is 2. The van der Waals surface area contributed by atoms with Crippen molar-refractivity contribution in [3.8, 4) is 0 Å². The highest BCUT2D eigenvalue weighted by Crippen LogP contribution is 2.31. The van der Waals surface area contributed by atoms with Crippen molar-refractivity contribution in [2.75, 3.05) is 16.8 Å². The Morgan fingerprint density at radius 3 is 2.50 bits per heavy atom. The normalized spacial score (nSPS) is 13.2. The lowest BCUT2D eigenvalue weighted by molar-refractivity contribution is -0.111. The van der Waals surface area contributed by atoms with Crippen LogP contribution in [0, 0.1) is 5.82 Å². The summed E-state index contributed by atoms with van der Waals surface area (Å²) in [6.07, 6.45) is 4.77. The first-order valence-corrected chi connectivity index (χ1v) is 9.84. The van der Waals surface area contributed by atoms with Crippen LogP contribution >= 0.6 is 0 Å². The van der Waals surface area contributed by atoms with E-state index in [0.717, 1.165) is 29.7 Å². The quantitative estimate of drug-likeness (QED) is 0.622. The van der Waals surface area contributed by atoms with Crippen LogP contribution in [0.4, 0.5) is 15.8 Å². The van der Waals surface area contributed by atoms with Gasteiger partial charge in [0.05, 0.1) is 0 Å². The first-order valence-electron chi connectivity index (χ1n) is 9.84. The van der Waals surface area contributed by atoms with Gasteiger partial charge in [-0.2, -0.15) is 0 Å². The van der Waals surface area contributed by atoms with Crippen molar-refractivity contribution < 1.29 is 14.0 Å². The molecule has 2 amide bonds. The Kier molecular flexibility index (Phi) is 5.70. The van der Waals surface area contributed by atoms with Crippen LogP contribution in [-0.4, -0.2) is 18.4 Å². The standard InChI is InChI=1S/C25H21FN2O2/c26-21-11-8-18(9-12-21)10-15-24(29)27-22-13-14-23-20(17-22)7-4-16-28(23)25(30)19-5-2-1-3-6-19/h1-3,5-6,8-15,17H,4,7,16H2,(H,27,29).